The molecule has 3 heterocycles. The van der Waals surface area contributed by atoms with Gasteiger partial charge in [0.2, 0.25) is 5.72 Å². The molecule has 0 aromatic carbocycles. The monoisotopic (exact) mass is 387 g/mol. The maximum absolute atomic E-state index is 13.7. The van der Waals surface area contributed by atoms with E-state index < -0.39 is 34.8 Å². The Labute approximate surface area is 149 Å². The zero-order chi connectivity index (χ0) is 18.2. The molecule has 2 aromatic heterocycles. The van der Waals surface area contributed by atoms with Crippen LogP contribution in [0.1, 0.15) is 21.3 Å². The highest BCUT2D eigenvalue weighted by Gasteiger charge is 2.65. The predicted molar refractivity (Wildman–Crippen MR) is 89.0 cm³/mol. The van der Waals surface area contributed by atoms with E-state index in [1.165, 1.54) is 30.6 Å². The largest absolute Gasteiger partial charge is 0.437 e. The zero-order valence-corrected chi connectivity index (χ0v) is 14.1. The molecule has 3 rings (SSSR count). The molecule has 3 atom stereocenters. The number of alkyl halides is 3. The van der Waals surface area contributed by atoms with Gasteiger partial charge < -0.3 is 15.7 Å². The molecule has 0 unspecified atom stereocenters. The summed E-state index contributed by atoms with van der Waals surface area (Å²) in [5.41, 5.74) is -3.14. The van der Waals surface area contributed by atoms with Crippen molar-refractivity contribution in [3.8, 4) is 0 Å². The summed E-state index contributed by atoms with van der Waals surface area (Å²) in [6.45, 7) is 0. The third-order valence-electron chi connectivity index (χ3n) is 3.92. The van der Waals surface area contributed by atoms with Gasteiger partial charge in [-0.2, -0.15) is 13.2 Å². The van der Waals surface area contributed by atoms with Crippen molar-refractivity contribution >= 4 is 34.5 Å². The maximum Gasteiger partial charge on any atom is 0.437 e. The summed E-state index contributed by atoms with van der Waals surface area (Å²) in [4.78, 5) is 16.8. The number of rotatable bonds is 3. The smallest absolute Gasteiger partial charge is 0.363 e. The van der Waals surface area contributed by atoms with Crippen molar-refractivity contribution < 1.29 is 23.1 Å². The number of aliphatic hydroxyl groups is 1. The van der Waals surface area contributed by atoms with Gasteiger partial charge in [-0.25, -0.2) is 0 Å². The second kappa shape index (κ2) is 6.36. The van der Waals surface area contributed by atoms with Gasteiger partial charge in [-0.05, 0) is 41.4 Å². The molecule has 25 heavy (non-hydrogen) atoms. The topological polar surface area (TPSA) is 74.2 Å². The second-order valence-electron chi connectivity index (χ2n) is 5.44. The van der Waals surface area contributed by atoms with Gasteiger partial charge in [0.1, 0.15) is 5.92 Å². The first-order valence-corrected chi connectivity index (χ1v) is 8.38. The Balaban J connectivity index is 2.15. The molecule has 3 N–H and O–H groups in total. The molecule has 1 aliphatic heterocycles. The van der Waals surface area contributed by atoms with E-state index in [-0.39, 0.29) is 4.88 Å². The Bertz CT molecular complexity index is 783. The minimum absolute atomic E-state index is 0.114. The molecule has 0 radical (unpaired) electrons. The molecule has 0 bridgehead atoms. The van der Waals surface area contributed by atoms with E-state index in [1.54, 1.807) is 11.4 Å². The van der Waals surface area contributed by atoms with E-state index in [0.717, 1.165) is 11.3 Å². The lowest BCUT2D eigenvalue weighted by molar-refractivity contribution is -0.285. The van der Waals surface area contributed by atoms with E-state index in [2.05, 4.69) is 10.3 Å². The van der Waals surface area contributed by atoms with Crippen LogP contribution >= 0.6 is 23.6 Å². The molecule has 1 aliphatic rings. The Morgan fingerprint density at radius 1 is 1.32 bits per heavy atom. The Hall–Kier alpha value is -2.04. The van der Waals surface area contributed by atoms with Crippen LogP contribution in [0.4, 0.5) is 13.2 Å². The number of aromatic nitrogens is 1. The Morgan fingerprint density at radius 2 is 2.00 bits per heavy atom. The molecule has 1 fully saturated rings. The number of nitrogens with zero attached hydrogens (tertiary/aromatic N) is 1. The minimum Gasteiger partial charge on any atom is -0.363 e. The molecular weight excluding hydrogens is 375 g/mol. The number of hydrogen-bond acceptors (Lipinski definition) is 5. The third kappa shape index (κ3) is 3.12. The highest BCUT2D eigenvalue weighted by Crippen LogP contribution is 2.44. The van der Waals surface area contributed by atoms with Crippen LogP contribution in [-0.2, 0) is 0 Å². The molecule has 5 nitrogen and oxygen atoms in total. The van der Waals surface area contributed by atoms with Crippen LogP contribution in [0.25, 0.3) is 0 Å². The summed E-state index contributed by atoms with van der Waals surface area (Å²) in [6.07, 6.45) is -2.34. The third-order valence-corrected chi connectivity index (χ3v) is 5.02. The van der Waals surface area contributed by atoms with E-state index >= 15 is 0 Å². The van der Waals surface area contributed by atoms with Crippen molar-refractivity contribution in [1.82, 2.24) is 15.6 Å². The predicted octanol–water partition coefficient (Wildman–Crippen LogP) is 2.41. The number of thiocarbonyl (C=S) groups is 1. The number of hydrogen-bond donors (Lipinski definition) is 3. The molecule has 10 heteroatoms. The lowest BCUT2D eigenvalue weighted by Gasteiger charge is -2.46. The standard InChI is InChI=1S/C15H12F3N3O2S2/c16-15(17,18)14(23)10(12(22)9-2-1-7-25-9)11(20-13(24)21-14)8-3-5-19-6-4-8/h1-7,10-11,23H,(H2,20,21,24)/t10-,11+,14-/m1/s1. The van der Waals surface area contributed by atoms with Crippen LogP contribution in [-0.4, -0.2) is 32.9 Å². The summed E-state index contributed by atoms with van der Waals surface area (Å²) in [5.74, 6) is -2.71. The fourth-order valence-electron chi connectivity index (χ4n) is 2.76. The van der Waals surface area contributed by atoms with Gasteiger partial charge in [-0.3, -0.25) is 9.78 Å². The van der Waals surface area contributed by atoms with Crippen molar-refractivity contribution in [3.63, 3.8) is 0 Å². The highest BCUT2D eigenvalue weighted by atomic mass is 32.1. The first-order valence-electron chi connectivity index (χ1n) is 7.09. The normalized spacial score (nSPS) is 26.6. The van der Waals surface area contributed by atoms with Crippen molar-refractivity contribution in [2.24, 2.45) is 5.92 Å². The van der Waals surface area contributed by atoms with E-state index in [1.807, 2.05) is 5.32 Å². The van der Waals surface area contributed by atoms with Crippen LogP contribution in [0.15, 0.2) is 42.0 Å². The van der Waals surface area contributed by atoms with Crippen LogP contribution in [0, 0.1) is 5.92 Å². The average Bonchev–Trinajstić information content (AvgIpc) is 3.08. The summed E-state index contributed by atoms with van der Waals surface area (Å²) in [6, 6.07) is 4.74. The summed E-state index contributed by atoms with van der Waals surface area (Å²) in [5, 5.41) is 16.1. The molecule has 0 saturated carbocycles. The number of carbonyl (C=O) groups excluding carboxylic acids is 1. The van der Waals surface area contributed by atoms with Crippen molar-refractivity contribution in [1.29, 1.82) is 0 Å². The van der Waals surface area contributed by atoms with Gasteiger partial charge >= 0.3 is 6.18 Å². The van der Waals surface area contributed by atoms with E-state index in [9.17, 15) is 23.1 Å². The van der Waals surface area contributed by atoms with Crippen molar-refractivity contribution in [2.75, 3.05) is 0 Å². The van der Waals surface area contributed by atoms with Gasteiger partial charge in [0, 0.05) is 12.4 Å². The van der Waals surface area contributed by atoms with Crippen molar-refractivity contribution in [2.45, 2.75) is 17.9 Å². The second-order valence-corrected chi connectivity index (χ2v) is 6.80. The lowest BCUT2D eigenvalue weighted by Crippen LogP contribution is -2.72. The van der Waals surface area contributed by atoms with Gasteiger partial charge in [-0.1, -0.05) is 6.07 Å². The zero-order valence-electron chi connectivity index (χ0n) is 12.4. The minimum atomic E-state index is -5.12. The van der Waals surface area contributed by atoms with Crippen LogP contribution in [0.2, 0.25) is 0 Å². The lowest BCUT2D eigenvalue weighted by atomic mass is 9.79. The van der Waals surface area contributed by atoms with Crippen LogP contribution in [0.5, 0.6) is 0 Å². The quantitative estimate of drug-likeness (QED) is 0.555. The van der Waals surface area contributed by atoms with Gasteiger partial charge in [0.25, 0.3) is 0 Å². The number of halogens is 3. The molecule has 0 spiro atoms. The fourth-order valence-corrected chi connectivity index (χ4v) is 3.75. The summed E-state index contributed by atoms with van der Waals surface area (Å²) in [7, 11) is 0. The van der Waals surface area contributed by atoms with Crippen LogP contribution < -0.4 is 10.6 Å². The average molecular weight is 387 g/mol. The van der Waals surface area contributed by atoms with Crippen LogP contribution in [0.3, 0.4) is 0 Å². The van der Waals surface area contributed by atoms with Gasteiger partial charge in [0.15, 0.2) is 10.9 Å². The van der Waals surface area contributed by atoms with Gasteiger partial charge in [-0.15, -0.1) is 11.3 Å². The number of pyridine rings is 1. The first-order chi connectivity index (χ1) is 11.7. The molecule has 132 valence electrons. The number of thiophene rings is 1. The van der Waals surface area contributed by atoms with E-state index in [4.69, 9.17) is 12.2 Å². The molecule has 1 saturated heterocycles. The number of carbonyl (C=O) groups is 1. The van der Waals surface area contributed by atoms with Gasteiger partial charge in [0.05, 0.1) is 10.9 Å². The maximum atomic E-state index is 13.7. The summed E-state index contributed by atoms with van der Waals surface area (Å²) >= 11 is 5.84. The highest BCUT2D eigenvalue weighted by molar-refractivity contribution is 7.80. The number of ketones is 1. The Kier molecular flexibility index (Phi) is 4.52. The number of nitrogens with one attached hydrogen (secondary N) is 2. The fraction of sp³-hybridized carbons (Fsp3) is 0.267. The Morgan fingerprint density at radius 3 is 2.56 bits per heavy atom. The molecule has 2 aromatic rings. The first kappa shape index (κ1) is 17.8. The molecule has 0 aliphatic carbocycles. The van der Waals surface area contributed by atoms with E-state index in [0.29, 0.717) is 5.56 Å². The molecular formula is C15H12F3N3O2S2. The number of Topliss-reactive ketones (excluding diaryl/α,β-unsaturated/α-hetero) is 1. The van der Waals surface area contributed by atoms with Crippen molar-refractivity contribution in [3.05, 3.63) is 52.5 Å². The SMILES string of the molecule is O=C(c1cccs1)[C@H]1[C@H](c2ccncc2)NC(=S)N[C@]1(O)C(F)(F)F. The molecule has 0 amide bonds. The summed E-state index contributed by atoms with van der Waals surface area (Å²) < 4.78 is 41.0.